The van der Waals surface area contributed by atoms with Crippen LogP contribution in [0.1, 0.15) is 226 Å². The molecule has 0 aliphatic heterocycles. The Morgan fingerprint density at radius 3 is 1.22 bits per heavy atom. The molecular weight excluding hydrogens is 741 g/mol. The van der Waals surface area contributed by atoms with E-state index in [0.717, 1.165) is 83.5 Å². The van der Waals surface area contributed by atoms with E-state index in [4.69, 9.17) is 14.2 Å². The zero-order valence-corrected chi connectivity index (χ0v) is 39.5. The van der Waals surface area contributed by atoms with Crippen molar-refractivity contribution in [3.8, 4) is 0 Å². The summed E-state index contributed by atoms with van der Waals surface area (Å²) in [6.45, 7) is 7.49. The lowest BCUT2D eigenvalue weighted by molar-refractivity contribution is -0.163. The molecule has 0 aliphatic rings. The van der Waals surface area contributed by atoms with Crippen molar-refractivity contribution in [2.24, 2.45) is 0 Å². The highest BCUT2D eigenvalue weighted by molar-refractivity contribution is 5.70. The smallest absolute Gasteiger partial charge is 0.306 e. The Morgan fingerprint density at radius 1 is 0.383 bits per heavy atom. The Kier molecular flexibility index (Phi) is 48.0. The Hall–Kier alpha value is -2.92. The summed E-state index contributed by atoms with van der Waals surface area (Å²) < 4.78 is 17.2. The first-order chi connectivity index (χ1) is 29.6. The zero-order valence-electron chi connectivity index (χ0n) is 39.5. The van der Waals surface area contributed by atoms with Gasteiger partial charge in [0, 0.05) is 19.4 Å². The van der Waals surface area contributed by atoms with Crippen LogP contribution in [-0.4, -0.2) is 37.9 Å². The molecule has 0 saturated carbocycles. The van der Waals surface area contributed by atoms with E-state index in [0.29, 0.717) is 19.4 Å². The van der Waals surface area contributed by atoms with Crippen molar-refractivity contribution in [3.63, 3.8) is 0 Å². The molecule has 0 fully saturated rings. The van der Waals surface area contributed by atoms with Gasteiger partial charge in [0.25, 0.3) is 0 Å². The standard InChI is InChI=1S/C55H94O5/c1-4-7-10-13-15-17-19-21-23-25-27-29-31-33-35-37-39-41-44-47-50-58-51-53(60-55(57)49-46-42-12-9-6-3)52-59-54(56)48-45-43-40-38-36-34-32-30-28-26-24-22-20-18-16-14-11-8-5-2/h7,10,15,17,21-24,27,29,33,35,39,41,53H,4-6,8-9,11-14,16,18-20,25-26,28,30-32,34,36-38,40,42-52H2,1-3H3/b10-7-,17-15-,23-21-,24-22-,29-27-,35-33-,41-39-. The van der Waals surface area contributed by atoms with Crippen molar-refractivity contribution >= 4 is 11.9 Å². The van der Waals surface area contributed by atoms with Crippen LogP contribution in [-0.2, 0) is 23.8 Å². The minimum Gasteiger partial charge on any atom is -0.462 e. The molecule has 0 rings (SSSR count). The number of hydrogen-bond donors (Lipinski definition) is 0. The Morgan fingerprint density at radius 2 is 0.750 bits per heavy atom. The molecule has 0 aromatic carbocycles. The largest absolute Gasteiger partial charge is 0.462 e. The van der Waals surface area contributed by atoms with Gasteiger partial charge in [0.05, 0.1) is 6.61 Å². The zero-order chi connectivity index (χ0) is 43.5. The van der Waals surface area contributed by atoms with Gasteiger partial charge in [-0.15, -0.1) is 0 Å². The van der Waals surface area contributed by atoms with Crippen LogP contribution in [0.5, 0.6) is 0 Å². The first kappa shape index (κ1) is 57.1. The van der Waals surface area contributed by atoms with Crippen LogP contribution < -0.4 is 0 Å². The van der Waals surface area contributed by atoms with E-state index in [9.17, 15) is 9.59 Å². The molecule has 0 N–H and O–H groups in total. The summed E-state index contributed by atoms with van der Waals surface area (Å²) in [4.78, 5) is 25.1. The Balaban J connectivity index is 4.12. The van der Waals surface area contributed by atoms with E-state index < -0.39 is 6.10 Å². The van der Waals surface area contributed by atoms with E-state index in [-0.39, 0.29) is 25.2 Å². The topological polar surface area (TPSA) is 61.8 Å². The lowest BCUT2D eigenvalue weighted by atomic mass is 10.1. The van der Waals surface area contributed by atoms with E-state index >= 15 is 0 Å². The molecular formula is C55H94O5. The van der Waals surface area contributed by atoms with Crippen molar-refractivity contribution in [2.45, 2.75) is 232 Å². The van der Waals surface area contributed by atoms with E-state index in [2.05, 4.69) is 106 Å². The minimum absolute atomic E-state index is 0.0580. The highest BCUT2D eigenvalue weighted by atomic mass is 16.6. The molecule has 0 spiro atoms. The number of unbranched alkanes of at least 4 members (excludes halogenated alkanes) is 20. The van der Waals surface area contributed by atoms with Crippen LogP contribution in [0.15, 0.2) is 85.1 Å². The number of esters is 2. The van der Waals surface area contributed by atoms with Crippen LogP contribution in [0, 0.1) is 0 Å². The van der Waals surface area contributed by atoms with Gasteiger partial charge in [-0.1, -0.05) is 209 Å². The van der Waals surface area contributed by atoms with Crippen molar-refractivity contribution < 1.29 is 23.8 Å². The van der Waals surface area contributed by atoms with Crippen molar-refractivity contribution in [3.05, 3.63) is 85.1 Å². The SMILES string of the molecule is CC/C=C\C/C=C\C/C=C\C/C=C\C/C=C\C/C=C\CCCOCC(COC(=O)CCCCCCCCCCC/C=C\CCCCCCCC)OC(=O)CCCCCCC. The molecule has 60 heavy (non-hydrogen) atoms. The summed E-state index contributed by atoms with van der Waals surface area (Å²) in [7, 11) is 0. The predicted molar refractivity (Wildman–Crippen MR) is 260 cm³/mol. The van der Waals surface area contributed by atoms with Crippen molar-refractivity contribution in [1.29, 1.82) is 0 Å². The summed E-state index contributed by atoms with van der Waals surface area (Å²) >= 11 is 0. The first-order valence-corrected chi connectivity index (χ1v) is 25.1. The Labute approximate surface area is 371 Å². The van der Waals surface area contributed by atoms with Crippen LogP contribution >= 0.6 is 0 Å². The molecule has 1 atom stereocenters. The lowest BCUT2D eigenvalue weighted by Crippen LogP contribution is -2.30. The molecule has 5 heteroatoms. The monoisotopic (exact) mass is 835 g/mol. The average Bonchev–Trinajstić information content (AvgIpc) is 3.25. The molecule has 0 aromatic heterocycles. The fraction of sp³-hybridized carbons (Fsp3) is 0.709. The number of carbonyl (C=O) groups is 2. The molecule has 0 aromatic rings. The van der Waals surface area contributed by atoms with Gasteiger partial charge in [0.15, 0.2) is 6.10 Å². The first-order valence-electron chi connectivity index (χ1n) is 25.1. The van der Waals surface area contributed by atoms with Gasteiger partial charge >= 0.3 is 11.9 Å². The fourth-order valence-corrected chi connectivity index (χ4v) is 6.70. The molecule has 0 heterocycles. The average molecular weight is 835 g/mol. The molecule has 0 bridgehead atoms. The summed E-state index contributed by atoms with van der Waals surface area (Å²) in [5, 5.41) is 0. The van der Waals surface area contributed by atoms with E-state index in [1.54, 1.807) is 0 Å². The van der Waals surface area contributed by atoms with Crippen LogP contribution in [0.2, 0.25) is 0 Å². The lowest BCUT2D eigenvalue weighted by Gasteiger charge is -2.18. The quantitative estimate of drug-likeness (QED) is 0.0347. The maximum Gasteiger partial charge on any atom is 0.306 e. The molecule has 344 valence electrons. The number of ether oxygens (including phenoxy) is 3. The van der Waals surface area contributed by atoms with Gasteiger partial charge in [0.1, 0.15) is 6.61 Å². The summed E-state index contributed by atoms with van der Waals surface area (Å²) in [5.74, 6) is -0.445. The second-order valence-electron chi connectivity index (χ2n) is 16.3. The highest BCUT2D eigenvalue weighted by Gasteiger charge is 2.17. The van der Waals surface area contributed by atoms with Gasteiger partial charge in [0.2, 0.25) is 0 Å². The van der Waals surface area contributed by atoms with Crippen LogP contribution in [0.3, 0.4) is 0 Å². The molecule has 1 unspecified atom stereocenters. The molecule has 0 radical (unpaired) electrons. The Bertz CT molecular complexity index is 1130. The number of rotatable bonds is 45. The second kappa shape index (κ2) is 50.4. The fourth-order valence-electron chi connectivity index (χ4n) is 6.70. The van der Waals surface area contributed by atoms with Gasteiger partial charge in [-0.2, -0.15) is 0 Å². The maximum absolute atomic E-state index is 12.6. The third kappa shape index (κ3) is 47.8. The van der Waals surface area contributed by atoms with Crippen molar-refractivity contribution in [1.82, 2.24) is 0 Å². The summed E-state index contributed by atoms with van der Waals surface area (Å²) in [6.07, 6.45) is 66.3. The third-order valence-electron chi connectivity index (χ3n) is 10.4. The maximum atomic E-state index is 12.6. The minimum atomic E-state index is -0.566. The van der Waals surface area contributed by atoms with Crippen molar-refractivity contribution in [2.75, 3.05) is 19.8 Å². The number of allylic oxidation sites excluding steroid dienone is 14. The highest BCUT2D eigenvalue weighted by Crippen LogP contribution is 2.14. The molecule has 0 saturated heterocycles. The van der Waals surface area contributed by atoms with Crippen LogP contribution in [0.4, 0.5) is 0 Å². The molecule has 0 aliphatic carbocycles. The van der Waals surface area contributed by atoms with Gasteiger partial charge in [-0.05, 0) is 89.9 Å². The predicted octanol–water partition coefficient (Wildman–Crippen LogP) is 16.9. The number of carbonyl (C=O) groups excluding carboxylic acids is 2. The third-order valence-corrected chi connectivity index (χ3v) is 10.4. The molecule has 0 amide bonds. The number of hydrogen-bond acceptors (Lipinski definition) is 5. The second-order valence-corrected chi connectivity index (χ2v) is 16.3. The van der Waals surface area contributed by atoms with Crippen LogP contribution in [0.25, 0.3) is 0 Å². The summed E-state index contributed by atoms with van der Waals surface area (Å²) in [5.41, 5.74) is 0. The normalized spacial score (nSPS) is 12.9. The van der Waals surface area contributed by atoms with E-state index in [1.165, 1.54) is 109 Å². The van der Waals surface area contributed by atoms with Gasteiger partial charge in [-0.3, -0.25) is 9.59 Å². The van der Waals surface area contributed by atoms with Gasteiger partial charge < -0.3 is 14.2 Å². The summed E-state index contributed by atoms with van der Waals surface area (Å²) in [6, 6.07) is 0. The molecule has 5 nitrogen and oxygen atoms in total. The van der Waals surface area contributed by atoms with E-state index in [1.807, 2.05) is 0 Å². The van der Waals surface area contributed by atoms with Gasteiger partial charge in [-0.25, -0.2) is 0 Å².